The molecule has 2 aromatic heterocycles. The van der Waals surface area contributed by atoms with Gasteiger partial charge < -0.3 is 10.6 Å². The SMILES string of the molecule is Cc1cccc(C)c1Nc1cc(C(=O)NCc2ccncc2)ncn1. The first-order valence-corrected chi connectivity index (χ1v) is 7.96. The summed E-state index contributed by atoms with van der Waals surface area (Å²) in [5, 5.41) is 6.11. The Kier molecular flexibility index (Phi) is 4.99. The normalized spacial score (nSPS) is 10.3. The first-order chi connectivity index (χ1) is 12.1. The number of nitrogens with zero attached hydrogens (tertiary/aromatic N) is 3. The molecule has 0 saturated heterocycles. The Morgan fingerprint density at radius 3 is 2.48 bits per heavy atom. The van der Waals surface area contributed by atoms with Crippen molar-refractivity contribution in [2.45, 2.75) is 20.4 Å². The van der Waals surface area contributed by atoms with Crippen LogP contribution < -0.4 is 10.6 Å². The summed E-state index contributed by atoms with van der Waals surface area (Å²) < 4.78 is 0. The third kappa shape index (κ3) is 4.17. The Balaban J connectivity index is 1.72. The summed E-state index contributed by atoms with van der Waals surface area (Å²) in [6.45, 7) is 4.47. The van der Waals surface area contributed by atoms with Crippen molar-refractivity contribution in [3.63, 3.8) is 0 Å². The molecule has 0 unspecified atom stereocenters. The molecule has 6 heteroatoms. The molecule has 0 bridgehead atoms. The van der Waals surface area contributed by atoms with Crippen LogP contribution in [0.5, 0.6) is 0 Å². The number of carbonyl (C=O) groups is 1. The van der Waals surface area contributed by atoms with Gasteiger partial charge in [0.1, 0.15) is 17.8 Å². The third-order valence-corrected chi connectivity index (χ3v) is 3.84. The molecular weight excluding hydrogens is 314 g/mol. The Morgan fingerprint density at radius 2 is 1.76 bits per heavy atom. The van der Waals surface area contributed by atoms with Crippen molar-refractivity contribution in [2.24, 2.45) is 0 Å². The molecule has 0 aliphatic carbocycles. The predicted molar refractivity (Wildman–Crippen MR) is 96.6 cm³/mol. The van der Waals surface area contributed by atoms with Crippen molar-refractivity contribution in [3.05, 3.63) is 77.5 Å². The van der Waals surface area contributed by atoms with E-state index in [-0.39, 0.29) is 5.91 Å². The minimum atomic E-state index is -0.247. The van der Waals surface area contributed by atoms with Crippen LogP contribution in [0.1, 0.15) is 27.2 Å². The van der Waals surface area contributed by atoms with E-state index < -0.39 is 0 Å². The van der Waals surface area contributed by atoms with Gasteiger partial charge in [-0.2, -0.15) is 0 Å². The van der Waals surface area contributed by atoms with Gasteiger partial charge in [-0.05, 0) is 42.7 Å². The van der Waals surface area contributed by atoms with E-state index in [1.54, 1.807) is 18.5 Å². The Labute approximate surface area is 146 Å². The number of aryl methyl sites for hydroxylation is 2. The lowest BCUT2D eigenvalue weighted by atomic mass is 10.1. The van der Waals surface area contributed by atoms with Crippen LogP contribution in [-0.4, -0.2) is 20.9 Å². The van der Waals surface area contributed by atoms with Gasteiger partial charge in [0, 0.05) is 30.7 Å². The molecule has 2 heterocycles. The summed E-state index contributed by atoms with van der Waals surface area (Å²) in [7, 11) is 0. The van der Waals surface area contributed by atoms with E-state index in [0.29, 0.717) is 18.1 Å². The summed E-state index contributed by atoms with van der Waals surface area (Å²) >= 11 is 0. The van der Waals surface area contributed by atoms with E-state index >= 15 is 0 Å². The second-order valence-corrected chi connectivity index (χ2v) is 5.72. The molecule has 0 aliphatic rings. The average molecular weight is 333 g/mol. The van der Waals surface area contributed by atoms with E-state index in [1.807, 2.05) is 44.2 Å². The van der Waals surface area contributed by atoms with Crippen molar-refractivity contribution in [3.8, 4) is 0 Å². The largest absolute Gasteiger partial charge is 0.347 e. The first kappa shape index (κ1) is 16.6. The Bertz CT molecular complexity index is 860. The molecule has 3 aromatic rings. The number of para-hydroxylation sites is 1. The molecule has 0 fully saturated rings. The lowest BCUT2D eigenvalue weighted by Gasteiger charge is -2.12. The van der Waals surface area contributed by atoms with E-state index in [2.05, 4.69) is 25.6 Å². The van der Waals surface area contributed by atoms with Gasteiger partial charge in [-0.25, -0.2) is 9.97 Å². The molecule has 6 nitrogen and oxygen atoms in total. The van der Waals surface area contributed by atoms with Crippen LogP contribution in [0.2, 0.25) is 0 Å². The maximum absolute atomic E-state index is 12.3. The molecule has 0 radical (unpaired) electrons. The fraction of sp³-hybridized carbons (Fsp3) is 0.158. The topological polar surface area (TPSA) is 79.8 Å². The monoisotopic (exact) mass is 333 g/mol. The lowest BCUT2D eigenvalue weighted by Crippen LogP contribution is -2.24. The van der Waals surface area contributed by atoms with E-state index in [9.17, 15) is 4.79 Å². The van der Waals surface area contributed by atoms with Crippen molar-refractivity contribution in [1.82, 2.24) is 20.3 Å². The molecule has 1 aromatic carbocycles. The smallest absolute Gasteiger partial charge is 0.270 e. The van der Waals surface area contributed by atoms with Gasteiger partial charge >= 0.3 is 0 Å². The number of carbonyl (C=O) groups excluding carboxylic acids is 1. The van der Waals surface area contributed by atoms with Crippen molar-refractivity contribution < 1.29 is 4.79 Å². The number of aromatic nitrogens is 3. The summed E-state index contributed by atoms with van der Waals surface area (Å²) in [5.41, 5.74) is 4.51. The number of hydrogen-bond donors (Lipinski definition) is 2. The van der Waals surface area contributed by atoms with Crippen LogP contribution in [0.3, 0.4) is 0 Å². The first-order valence-electron chi connectivity index (χ1n) is 7.96. The maximum atomic E-state index is 12.3. The van der Waals surface area contributed by atoms with Gasteiger partial charge in [0.05, 0.1) is 0 Å². The summed E-state index contributed by atoms with van der Waals surface area (Å²) in [4.78, 5) is 24.5. The minimum Gasteiger partial charge on any atom is -0.347 e. The highest BCUT2D eigenvalue weighted by Crippen LogP contribution is 2.23. The molecule has 3 rings (SSSR count). The van der Waals surface area contributed by atoms with E-state index in [0.717, 1.165) is 22.4 Å². The number of benzene rings is 1. The quantitative estimate of drug-likeness (QED) is 0.750. The van der Waals surface area contributed by atoms with Gasteiger partial charge in [-0.1, -0.05) is 18.2 Å². The number of nitrogens with one attached hydrogen (secondary N) is 2. The van der Waals surface area contributed by atoms with Crippen LogP contribution in [0.4, 0.5) is 11.5 Å². The maximum Gasteiger partial charge on any atom is 0.270 e. The molecule has 2 N–H and O–H groups in total. The molecule has 126 valence electrons. The standard InChI is InChI=1S/C19H19N5O/c1-13-4-3-5-14(2)18(13)24-17-10-16(22-12-23-17)19(25)21-11-15-6-8-20-9-7-15/h3-10,12H,11H2,1-2H3,(H,21,25)(H,22,23,24). The summed E-state index contributed by atoms with van der Waals surface area (Å²) in [6, 6.07) is 11.4. The van der Waals surface area contributed by atoms with Crippen LogP contribution in [-0.2, 0) is 6.54 Å². The summed E-state index contributed by atoms with van der Waals surface area (Å²) in [5.74, 6) is 0.338. The second-order valence-electron chi connectivity index (χ2n) is 5.72. The van der Waals surface area contributed by atoms with Gasteiger partial charge in [0.2, 0.25) is 0 Å². The molecule has 0 atom stereocenters. The van der Waals surface area contributed by atoms with Crippen LogP contribution in [0.15, 0.2) is 55.1 Å². The fourth-order valence-electron chi connectivity index (χ4n) is 2.46. The zero-order valence-corrected chi connectivity index (χ0v) is 14.2. The zero-order chi connectivity index (χ0) is 17.6. The number of pyridine rings is 1. The Hall–Kier alpha value is -3.28. The Morgan fingerprint density at radius 1 is 1.04 bits per heavy atom. The number of hydrogen-bond acceptors (Lipinski definition) is 5. The number of amides is 1. The van der Waals surface area contributed by atoms with Crippen molar-refractivity contribution in [2.75, 3.05) is 5.32 Å². The number of rotatable bonds is 5. The van der Waals surface area contributed by atoms with Gasteiger partial charge in [0.15, 0.2) is 0 Å². The molecule has 0 spiro atoms. The van der Waals surface area contributed by atoms with Gasteiger partial charge in [-0.15, -0.1) is 0 Å². The molecule has 0 aliphatic heterocycles. The average Bonchev–Trinajstić information content (AvgIpc) is 2.64. The highest BCUT2D eigenvalue weighted by atomic mass is 16.1. The van der Waals surface area contributed by atoms with Gasteiger partial charge in [0.25, 0.3) is 5.91 Å². The molecule has 1 amide bonds. The van der Waals surface area contributed by atoms with E-state index in [4.69, 9.17) is 0 Å². The van der Waals surface area contributed by atoms with Gasteiger partial charge in [-0.3, -0.25) is 9.78 Å². The molecule has 0 saturated carbocycles. The van der Waals surface area contributed by atoms with E-state index in [1.165, 1.54) is 6.33 Å². The minimum absolute atomic E-state index is 0.247. The molecular formula is C19H19N5O. The number of anilines is 2. The lowest BCUT2D eigenvalue weighted by molar-refractivity contribution is 0.0946. The third-order valence-electron chi connectivity index (χ3n) is 3.84. The van der Waals surface area contributed by atoms with Crippen molar-refractivity contribution in [1.29, 1.82) is 0 Å². The van der Waals surface area contributed by atoms with Crippen molar-refractivity contribution >= 4 is 17.4 Å². The predicted octanol–water partition coefficient (Wildman–Crippen LogP) is 3.16. The van der Waals surface area contributed by atoms with Crippen LogP contribution in [0.25, 0.3) is 0 Å². The van der Waals surface area contributed by atoms with Crippen LogP contribution in [0, 0.1) is 13.8 Å². The molecule has 25 heavy (non-hydrogen) atoms. The zero-order valence-electron chi connectivity index (χ0n) is 14.2. The van der Waals surface area contributed by atoms with Crippen LogP contribution >= 0.6 is 0 Å². The highest BCUT2D eigenvalue weighted by molar-refractivity contribution is 5.93. The second kappa shape index (κ2) is 7.53. The fourth-order valence-corrected chi connectivity index (χ4v) is 2.46. The summed E-state index contributed by atoms with van der Waals surface area (Å²) in [6.07, 6.45) is 4.77. The highest BCUT2D eigenvalue weighted by Gasteiger charge is 2.10.